The van der Waals surface area contributed by atoms with Crippen LogP contribution in [-0.4, -0.2) is 11.6 Å². The van der Waals surface area contributed by atoms with Crippen molar-refractivity contribution in [2.45, 2.75) is 6.92 Å². The molecule has 24 heavy (non-hydrogen) atoms. The summed E-state index contributed by atoms with van der Waals surface area (Å²) in [5, 5.41) is 4.81. The SMILES string of the molecule is C/C(=N/NC(=O)c1ccccc1Br)c1cc2ccccc2oc1=O. The number of nitrogens with zero attached hydrogens (tertiary/aromatic N) is 1. The quantitative estimate of drug-likeness (QED) is 0.425. The van der Waals surface area contributed by atoms with E-state index < -0.39 is 5.63 Å². The Balaban J connectivity index is 1.89. The van der Waals surface area contributed by atoms with Crippen LogP contribution in [0.5, 0.6) is 0 Å². The molecule has 5 nitrogen and oxygen atoms in total. The van der Waals surface area contributed by atoms with Gasteiger partial charge in [-0.05, 0) is 47.1 Å². The van der Waals surface area contributed by atoms with Crippen LogP contribution in [-0.2, 0) is 0 Å². The summed E-state index contributed by atoms with van der Waals surface area (Å²) < 4.78 is 5.94. The number of hydrazone groups is 1. The Morgan fingerprint density at radius 1 is 1.08 bits per heavy atom. The van der Waals surface area contributed by atoms with Crippen molar-refractivity contribution < 1.29 is 9.21 Å². The molecule has 1 heterocycles. The molecule has 0 unspecified atom stereocenters. The number of carbonyl (C=O) groups is 1. The molecule has 0 bridgehead atoms. The first-order valence-electron chi connectivity index (χ1n) is 7.18. The largest absolute Gasteiger partial charge is 0.422 e. The van der Waals surface area contributed by atoms with Crippen molar-refractivity contribution in [3.05, 3.63) is 80.6 Å². The van der Waals surface area contributed by atoms with Gasteiger partial charge in [0, 0.05) is 9.86 Å². The number of rotatable bonds is 3. The maximum Gasteiger partial charge on any atom is 0.345 e. The molecule has 1 N–H and O–H groups in total. The van der Waals surface area contributed by atoms with Crippen LogP contribution in [0.4, 0.5) is 0 Å². The van der Waals surface area contributed by atoms with Gasteiger partial charge < -0.3 is 4.42 Å². The summed E-state index contributed by atoms with van der Waals surface area (Å²) in [4.78, 5) is 24.2. The predicted octanol–water partition coefficient (Wildman–Crippen LogP) is 3.71. The van der Waals surface area contributed by atoms with Crippen molar-refractivity contribution in [2.24, 2.45) is 5.10 Å². The van der Waals surface area contributed by atoms with Crippen LogP contribution in [0, 0.1) is 0 Å². The average Bonchev–Trinajstić information content (AvgIpc) is 2.59. The molecule has 0 fully saturated rings. The Morgan fingerprint density at radius 3 is 2.58 bits per heavy atom. The van der Waals surface area contributed by atoms with E-state index in [1.807, 2.05) is 18.2 Å². The van der Waals surface area contributed by atoms with Crippen molar-refractivity contribution in [2.75, 3.05) is 0 Å². The fraction of sp³-hybridized carbons (Fsp3) is 0.0556. The van der Waals surface area contributed by atoms with Crippen LogP contribution in [0.1, 0.15) is 22.8 Å². The molecule has 0 spiro atoms. The highest BCUT2D eigenvalue weighted by Crippen LogP contribution is 2.16. The molecule has 2 aromatic carbocycles. The highest BCUT2D eigenvalue weighted by Gasteiger charge is 2.11. The molecule has 6 heteroatoms. The van der Waals surface area contributed by atoms with E-state index in [1.54, 1.807) is 43.3 Å². The van der Waals surface area contributed by atoms with Gasteiger partial charge in [-0.25, -0.2) is 10.2 Å². The number of benzene rings is 2. The molecule has 0 aliphatic carbocycles. The number of amides is 1. The van der Waals surface area contributed by atoms with Crippen molar-refractivity contribution in [1.82, 2.24) is 5.43 Å². The van der Waals surface area contributed by atoms with E-state index in [-0.39, 0.29) is 5.91 Å². The van der Waals surface area contributed by atoms with E-state index >= 15 is 0 Å². The normalized spacial score (nSPS) is 11.5. The number of hydrogen-bond donors (Lipinski definition) is 1. The molecule has 3 aromatic rings. The molecule has 0 saturated carbocycles. The molecule has 0 aliphatic rings. The Kier molecular flexibility index (Phi) is 4.57. The van der Waals surface area contributed by atoms with Crippen LogP contribution in [0.3, 0.4) is 0 Å². The van der Waals surface area contributed by atoms with E-state index in [0.717, 1.165) is 5.39 Å². The molecule has 0 radical (unpaired) electrons. The smallest absolute Gasteiger partial charge is 0.345 e. The van der Waals surface area contributed by atoms with Gasteiger partial charge in [-0.3, -0.25) is 4.79 Å². The van der Waals surface area contributed by atoms with Crippen LogP contribution in [0.2, 0.25) is 0 Å². The third kappa shape index (κ3) is 3.28. The zero-order chi connectivity index (χ0) is 17.1. The molecular formula is C18H13BrN2O3. The lowest BCUT2D eigenvalue weighted by Crippen LogP contribution is -2.21. The molecule has 0 atom stereocenters. The van der Waals surface area contributed by atoms with Crippen molar-refractivity contribution >= 4 is 38.5 Å². The Morgan fingerprint density at radius 2 is 1.79 bits per heavy atom. The maximum absolute atomic E-state index is 12.1. The van der Waals surface area contributed by atoms with E-state index in [4.69, 9.17) is 4.42 Å². The second-order valence-electron chi connectivity index (χ2n) is 5.10. The summed E-state index contributed by atoms with van der Waals surface area (Å²) in [6, 6.07) is 15.9. The Labute approximate surface area is 146 Å². The lowest BCUT2D eigenvalue weighted by atomic mass is 10.1. The van der Waals surface area contributed by atoms with Gasteiger partial charge in [0.05, 0.1) is 16.8 Å². The van der Waals surface area contributed by atoms with Crippen LogP contribution in [0.25, 0.3) is 11.0 Å². The highest BCUT2D eigenvalue weighted by molar-refractivity contribution is 9.10. The van der Waals surface area contributed by atoms with E-state index in [9.17, 15) is 9.59 Å². The third-order valence-electron chi connectivity index (χ3n) is 3.47. The van der Waals surface area contributed by atoms with Crippen LogP contribution in [0.15, 0.2) is 73.4 Å². The monoisotopic (exact) mass is 384 g/mol. The summed E-state index contributed by atoms with van der Waals surface area (Å²) in [5.74, 6) is -0.369. The van der Waals surface area contributed by atoms with Crippen molar-refractivity contribution in [3.8, 4) is 0 Å². The number of nitrogens with one attached hydrogen (secondary N) is 1. The number of halogens is 1. The van der Waals surface area contributed by atoms with Crippen LogP contribution >= 0.6 is 15.9 Å². The Hall–Kier alpha value is -2.73. The number of carbonyl (C=O) groups excluding carboxylic acids is 1. The standard InChI is InChI=1S/C18H13BrN2O3/c1-11(20-21-17(22)13-7-3-4-8-15(13)19)14-10-12-6-2-5-9-16(12)24-18(14)23/h2-10H,1H3,(H,21,22)/b20-11-. The van der Waals surface area contributed by atoms with Crippen LogP contribution < -0.4 is 11.1 Å². The minimum absolute atomic E-state index is 0.307. The number of para-hydroxylation sites is 1. The molecule has 1 amide bonds. The third-order valence-corrected chi connectivity index (χ3v) is 4.17. The maximum atomic E-state index is 12.1. The van der Waals surface area contributed by atoms with Crippen molar-refractivity contribution in [1.29, 1.82) is 0 Å². The number of fused-ring (bicyclic) bond motifs is 1. The predicted molar refractivity (Wildman–Crippen MR) is 96.3 cm³/mol. The fourth-order valence-electron chi connectivity index (χ4n) is 2.21. The van der Waals surface area contributed by atoms with Gasteiger partial charge in [0.25, 0.3) is 5.91 Å². The van der Waals surface area contributed by atoms with Gasteiger partial charge in [0.15, 0.2) is 0 Å². The first kappa shape index (κ1) is 16.1. The van der Waals surface area contributed by atoms with Gasteiger partial charge in [0.1, 0.15) is 5.58 Å². The molecule has 0 aliphatic heterocycles. The number of hydrogen-bond acceptors (Lipinski definition) is 4. The summed E-state index contributed by atoms with van der Waals surface area (Å²) in [7, 11) is 0. The molecule has 120 valence electrons. The molecular weight excluding hydrogens is 372 g/mol. The topological polar surface area (TPSA) is 71.7 Å². The van der Waals surface area contributed by atoms with Gasteiger partial charge in [-0.1, -0.05) is 30.3 Å². The van der Waals surface area contributed by atoms with Crippen molar-refractivity contribution in [3.63, 3.8) is 0 Å². The summed E-state index contributed by atoms with van der Waals surface area (Å²) >= 11 is 3.31. The van der Waals surface area contributed by atoms with Gasteiger partial charge >= 0.3 is 5.63 Å². The minimum Gasteiger partial charge on any atom is -0.422 e. The lowest BCUT2D eigenvalue weighted by molar-refractivity contribution is 0.0954. The van der Waals surface area contributed by atoms with Gasteiger partial charge in [0.2, 0.25) is 0 Å². The second kappa shape index (κ2) is 6.80. The van der Waals surface area contributed by atoms with Gasteiger partial charge in [-0.2, -0.15) is 5.10 Å². The second-order valence-corrected chi connectivity index (χ2v) is 5.96. The highest BCUT2D eigenvalue weighted by atomic mass is 79.9. The first-order chi connectivity index (χ1) is 11.6. The van der Waals surface area contributed by atoms with Gasteiger partial charge in [-0.15, -0.1) is 0 Å². The lowest BCUT2D eigenvalue weighted by Gasteiger charge is -2.04. The first-order valence-corrected chi connectivity index (χ1v) is 7.98. The summed E-state index contributed by atoms with van der Waals surface area (Å²) in [5.41, 5.74) is 3.60. The average molecular weight is 385 g/mol. The van der Waals surface area contributed by atoms with E-state index in [2.05, 4.69) is 26.5 Å². The van der Waals surface area contributed by atoms with E-state index in [1.165, 1.54) is 0 Å². The Bertz CT molecular complexity index is 1010. The molecule has 1 aromatic heterocycles. The zero-order valence-corrected chi connectivity index (χ0v) is 14.3. The van der Waals surface area contributed by atoms with E-state index in [0.29, 0.717) is 26.9 Å². The summed E-state index contributed by atoms with van der Waals surface area (Å²) in [6.45, 7) is 1.64. The summed E-state index contributed by atoms with van der Waals surface area (Å²) in [6.07, 6.45) is 0. The zero-order valence-electron chi connectivity index (χ0n) is 12.7. The minimum atomic E-state index is -0.495. The molecule has 3 rings (SSSR count). The molecule has 0 saturated heterocycles. The fourth-order valence-corrected chi connectivity index (χ4v) is 2.68.